The number of sulfonamides is 1. The van der Waals surface area contributed by atoms with Crippen molar-refractivity contribution in [3.05, 3.63) is 70.9 Å². The smallest absolute Gasteiger partial charge is 0.225 e. The Balaban J connectivity index is 1.57. The van der Waals surface area contributed by atoms with E-state index in [1.165, 1.54) is 0 Å². The monoisotopic (exact) mass is 417 g/mol. The van der Waals surface area contributed by atoms with Crippen LogP contribution in [0.15, 0.2) is 54.7 Å². The lowest BCUT2D eigenvalue weighted by Gasteiger charge is -2.10. The Labute approximate surface area is 169 Å². The molecule has 8 heteroatoms. The molecule has 3 aromatic rings. The topological polar surface area (TPSA) is 88.2 Å². The first-order valence-electron chi connectivity index (χ1n) is 8.70. The number of hydrogen-bond acceptors (Lipinski definition) is 4. The molecule has 0 atom stereocenters. The molecule has 0 unspecified atom stereocenters. The van der Waals surface area contributed by atoms with Gasteiger partial charge in [-0.15, -0.1) is 0 Å². The largest absolute Gasteiger partial charge is 0.325 e. The third kappa shape index (κ3) is 5.28. The van der Waals surface area contributed by atoms with Crippen LogP contribution >= 0.6 is 11.6 Å². The molecule has 1 heterocycles. The highest BCUT2D eigenvalue weighted by atomic mass is 35.5. The van der Waals surface area contributed by atoms with Crippen molar-refractivity contribution in [1.29, 1.82) is 0 Å². The van der Waals surface area contributed by atoms with Gasteiger partial charge < -0.3 is 5.32 Å². The van der Waals surface area contributed by atoms with Crippen LogP contribution in [-0.4, -0.2) is 25.9 Å². The number of anilines is 1. The van der Waals surface area contributed by atoms with E-state index in [2.05, 4.69) is 15.0 Å². The van der Waals surface area contributed by atoms with Crippen molar-refractivity contribution >= 4 is 44.1 Å². The lowest BCUT2D eigenvalue weighted by molar-refractivity contribution is -0.116. The fraction of sp³-hybridized carbons (Fsp3) is 0.200. The molecule has 28 heavy (non-hydrogen) atoms. The van der Waals surface area contributed by atoms with Crippen molar-refractivity contribution in [2.75, 3.05) is 11.9 Å². The number of nitrogens with zero attached hydrogens (tertiary/aromatic N) is 1. The number of para-hydroxylation sites is 1. The van der Waals surface area contributed by atoms with Crippen LogP contribution in [0.2, 0.25) is 5.02 Å². The van der Waals surface area contributed by atoms with Crippen LogP contribution in [0.4, 0.5) is 5.69 Å². The van der Waals surface area contributed by atoms with Crippen LogP contribution in [0.5, 0.6) is 0 Å². The number of benzene rings is 2. The van der Waals surface area contributed by atoms with Crippen LogP contribution in [0.3, 0.4) is 0 Å². The van der Waals surface area contributed by atoms with Gasteiger partial charge in [-0.1, -0.05) is 41.9 Å². The van der Waals surface area contributed by atoms with Crippen LogP contribution < -0.4 is 10.0 Å². The number of amides is 1. The molecule has 0 fully saturated rings. The number of carbonyl (C=O) groups excluding carboxylic acids is 1. The summed E-state index contributed by atoms with van der Waals surface area (Å²) in [5.41, 5.74) is 2.75. The molecule has 146 valence electrons. The third-order valence-electron chi connectivity index (χ3n) is 4.13. The average molecular weight is 418 g/mol. The number of fused-ring (bicyclic) bond motifs is 1. The summed E-state index contributed by atoms with van der Waals surface area (Å²) in [6, 6.07) is 14.4. The van der Waals surface area contributed by atoms with Crippen molar-refractivity contribution < 1.29 is 13.2 Å². The summed E-state index contributed by atoms with van der Waals surface area (Å²) in [5.74, 6) is -0.521. The molecule has 0 aliphatic rings. The Hall–Kier alpha value is -2.48. The van der Waals surface area contributed by atoms with Gasteiger partial charge in [0.2, 0.25) is 15.9 Å². The summed E-state index contributed by atoms with van der Waals surface area (Å²) in [5, 5.41) is 4.00. The number of pyridine rings is 1. The Morgan fingerprint density at radius 1 is 1.14 bits per heavy atom. The van der Waals surface area contributed by atoms with E-state index < -0.39 is 10.0 Å². The highest BCUT2D eigenvalue weighted by Crippen LogP contribution is 2.22. The quantitative estimate of drug-likeness (QED) is 0.614. The molecule has 0 saturated heterocycles. The van der Waals surface area contributed by atoms with E-state index in [1.807, 2.05) is 25.1 Å². The second kappa shape index (κ2) is 8.68. The summed E-state index contributed by atoms with van der Waals surface area (Å²) in [6.07, 6.45) is 1.63. The number of hydrogen-bond donors (Lipinski definition) is 2. The maximum absolute atomic E-state index is 12.4. The second-order valence-corrected chi connectivity index (χ2v) is 8.64. The van der Waals surface area contributed by atoms with Crippen LogP contribution in [-0.2, 0) is 20.6 Å². The minimum atomic E-state index is -3.60. The summed E-state index contributed by atoms with van der Waals surface area (Å²) in [4.78, 5) is 16.3. The van der Waals surface area contributed by atoms with Gasteiger partial charge in [-0.05, 0) is 36.2 Å². The average Bonchev–Trinajstić information content (AvgIpc) is 2.64. The highest BCUT2D eigenvalue weighted by Gasteiger charge is 2.15. The van der Waals surface area contributed by atoms with Gasteiger partial charge in [0.15, 0.2) is 0 Å². The van der Waals surface area contributed by atoms with E-state index in [0.717, 1.165) is 10.9 Å². The van der Waals surface area contributed by atoms with Gasteiger partial charge in [0.25, 0.3) is 0 Å². The first-order chi connectivity index (χ1) is 13.3. The molecule has 0 aliphatic carbocycles. The minimum Gasteiger partial charge on any atom is -0.325 e. The van der Waals surface area contributed by atoms with Crippen LogP contribution in [0.1, 0.15) is 17.5 Å². The summed E-state index contributed by atoms with van der Waals surface area (Å²) < 4.78 is 27.2. The van der Waals surface area contributed by atoms with Gasteiger partial charge in [0.1, 0.15) is 0 Å². The zero-order chi connectivity index (χ0) is 20.1. The maximum atomic E-state index is 12.4. The Morgan fingerprint density at radius 3 is 2.71 bits per heavy atom. The predicted octanol–water partition coefficient (Wildman–Crippen LogP) is 3.64. The molecule has 2 aromatic carbocycles. The number of carbonyl (C=O) groups is 1. The Morgan fingerprint density at radius 2 is 1.93 bits per heavy atom. The molecule has 0 spiro atoms. The SMILES string of the molecule is Cc1ccc(NC(=O)CCNS(=O)(=O)Cc2cccc3cccnc23)c(Cl)c1. The van der Waals surface area contributed by atoms with E-state index >= 15 is 0 Å². The summed E-state index contributed by atoms with van der Waals surface area (Å²) in [6.45, 7) is 1.90. The van der Waals surface area contributed by atoms with E-state index in [0.29, 0.717) is 21.8 Å². The standard InChI is InChI=1S/C20H20ClN3O3S/c1-14-7-8-18(17(21)12-14)24-19(25)9-11-23-28(26,27)13-16-5-2-4-15-6-3-10-22-20(15)16/h2-8,10,12,23H,9,11,13H2,1H3,(H,24,25). The summed E-state index contributed by atoms with van der Waals surface area (Å²) >= 11 is 6.09. The number of nitrogens with one attached hydrogen (secondary N) is 2. The van der Waals surface area contributed by atoms with Crippen molar-refractivity contribution in [3.63, 3.8) is 0 Å². The minimum absolute atomic E-state index is 0.00276. The van der Waals surface area contributed by atoms with Gasteiger partial charge in [-0.25, -0.2) is 13.1 Å². The van der Waals surface area contributed by atoms with Gasteiger partial charge in [0.05, 0.1) is 22.0 Å². The fourth-order valence-corrected chi connectivity index (χ4v) is 4.23. The maximum Gasteiger partial charge on any atom is 0.225 e. The summed E-state index contributed by atoms with van der Waals surface area (Å²) in [7, 11) is -3.60. The lowest BCUT2D eigenvalue weighted by Crippen LogP contribution is -2.29. The molecule has 1 amide bonds. The molecular weight excluding hydrogens is 398 g/mol. The lowest BCUT2D eigenvalue weighted by atomic mass is 10.1. The molecule has 0 saturated carbocycles. The van der Waals surface area contributed by atoms with Gasteiger partial charge in [0, 0.05) is 24.5 Å². The zero-order valence-corrected chi connectivity index (χ0v) is 16.8. The van der Waals surface area contributed by atoms with Crippen molar-refractivity contribution in [3.8, 4) is 0 Å². The number of aryl methyl sites for hydroxylation is 1. The Kier molecular flexibility index (Phi) is 6.28. The second-order valence-electron chi connectivity index (χ2n) is 6.43. The van der Waals surface area contributed by atoms with Gasteiger partial charge in [-0.3, -0.25) is 9.78 Å². The first kappa shape index (κ1) is 20.3. The van der Waals surface area contributed by atoms with Gasteiger partial charge >= 0.3 is 0 Å². The molecule has 1 aromatic heterocycles. The van der Waals surface area contributed by atoms with E-state index in [4.69, 9.17) is 11.6 Å². The molecule has 0 aliphatic heterocycles. The zero-order valence-electron chi connectivity index (χ0n) is 15.3. The van der Waals surface area contributed by atoms with E-state index in [1.54, 1.807) is 36.5 Å². The normalized spacial score (nSPS) is 11.5. The van der Waals surface area contributed by atoms with Crippen LogP contribution in [0.25, 0.3) is 10.9 Å². The van der Waals surface area contributed by atoms with Crippen molar-refractivity contribution in [2.24, 2.45) is 0 Å². The predicted molar refractivity (Wildman–Crippen MR) is 112 cm³/mol. The van der Waals surface area contributed by atoms with E-state index in [9.17, 15) is 13.2 Å². The highest BCUT2D eigenvalue weighted by molar-refractivity contribution is 7.88. The number of aromatic nitrogens is 1. The van der Waals surface area contributed by atoms with Gasteiger partial charge in [-0.2, -0.15) is 0 Å². The molecule has 0 radical (unpaired) electrons. The van der Waals surface area contributed by atoms with E-state index in [-0.39, 0.29) is 24.6 Å². The number of halogens is 1. The first-order valence-corrected chi connectivity index (χ1v) is 10.7. The van der Waals surface area contributed by atoms with Crippen molar-refractivity contribution in [2.45, 2.75) is 19.1 Å². The molecular formula is C20H20ClN3O3S. The molecule has 6 nitrogen and oxygen atoms in total. The molecule has 0 bridgehead atoms. The number of rotatable bonds is 7. The third-order valence-corrected chi connectivity index (χ3v) is 5.78. The fourth-order valence-electron chi connectivity index (χ4n) is 2.79. The molecule has 3 rings (SSSR count). The van der Waals surface area contributed by atoms with Crippen LogP contribution in [0, 0.1) is 6.92 Å². The van der Waals surface area contributed by atoms with Crippen molar-refractivity contribution in [1.82, 2.24) is 9.71 Å². The Bertz CT molecular complexity index is 1110. The molecule has 2 N–H and O–H groups in total.